The maximum atomic E-state index is 13.0. The Labute approximate surface area is 141 Å². The standard InChI is InChI=1S/C18H13F3N4/c19-18(20,21)13-5-6-16-15(9-13)24-17(14-4-2-8-23-14)25(16)11-12-3-1-7-22-10-12/h1-10,23H,11H2. The van der Waals surface area contributed by atoms with E-state index in [9.17, 15) is 13.2 Å². The van der Waals surface area contributed by atoms with Crippen LogP contribution in [0.3, 0.4) is 0 Å². The minimum Gasteiger partial charge on any atom is -0.359 e. The fraction of sp³-hybridized carbons (Fsp3) is 0.111. The molecular formula is C18H13F3N4. The van der Waals surface area contributed by atoms with Gasteiger partial charge in [0.25, 0.3) is 0 Å². The van der Waals surface area contributed by atoms with Crippen molar-refractivity contribution in [2.24, 2.45) is 0 Å². The molecule has 0 radical (unpaired) electrons. The molecule has 0 saturated carbocycles. The topological polar surface area (TPSA) is 46.5 Å². The normalized spacial score (nSPS) is 12.0. The van der Waals surface area contributed by atoms with Gasteiger partial charge in [-0.15, -0.1) is 0 Å². The summed E-state index contributed by atoms with van der Waals surface area (Å²) in [5.74, 6) is 0.586. The van der Waals surface area contributed by atoms with Crippen LogP contribution in [-0.4, -0.2) is 19.5 Å². The molecule has 0 fully saturated rings. The molecule has 0 amide bonds. The second-order valence-electron chi connectivity index (χ2n) is 5.67. The van der Waals surface area contributed by atoms with Crippen LogP contribution in [0.2, 0.25) is 0 Å². The largest absolute Gasteiger partial charge is 0.416 e. The van der Waals surface area contributed by atoms with E-state index in [2.05, 4.69) is 15.0 Å². The monoisotopic (exact) mass is 342 g/mol. The van der Waals surface area contributed by atoms with Crippen molar-refractivity contribution in [1.82, 2.24) is 19.5 Å². The summed E-state index contributed by atoms with van der Waals surface area (Å²) < 4.78 is 40.9. The van der Waals surface area contributed by atoms with Gasteiger partial charge < -0.3 is 9.55 Å². The molecule has 126 valence electrons. The highest BCUT2D eigenvalue weighted by Gasteiger charge is 2.31. The third-order valence-corrected chi connectivity index (χ3v) is 3.98. The second kappa shape index (κ2) is 5.77. The number of hydrogen-bond donors (Lipinski definition) is 1. The Balaban J connectivity index is 1.90. The molecule has 7 heteroatoms. The first-order valence-corrected chi connectivity index (χ1v) is 7.62. The Morgan fingerprint density at radius 2 is 1.96 bits per heavy atom. The first kappa shape index (κ1) is 15.4. The van der Waals surface area contributed by atoms with E-state index in [-0.39, 0.29) is 0 Å². The van der Waals surface area contributed by atoms with E-state index in [1.54, 1.807) is 18.6 Å². The lowest BCUT2D eigenvalue weighted by atomic mass is 10.2. The van der Waals surface area contributed by atoms with Gasteiger partial charge in [-0.1, -0.05) is 6.07 Å². The Morgan fingerprint density at radius 1 is 1.08 bits per heavy atom. The minimum atomic E-state index is -4.39. The van der Waals surface area contributed by atoms with Crippen LogP contribution in [0.25, 0.3) is 22.6 Å². The second-order valence-corrected chi connectivity index (χ2v) is 5.67. The molecule has 0 atom stereocenters. The predicted octanol–water partition coefficient (Wildman–Crippen LogP) is 4.49. The van der Waals surface area contributed by atoms with Gasteiger partial charge in [-0.3, -0.25) is 4.98 Å². The zero-order valence-electron chi connectivity index (χ0n) is 13.0. The Morgan fingerprint density at radius 3 is 2.64 bits per heavy atom. The zero-order valence-corrected chi connectivity index (χ0v) is 13.0. The van der Waals surface area contributed by atoms with Crippen LogP contribution in [0.5, 0.6) is 0 Å². The number of nitrogens with zero attached hydrogens (tertiary/aromatic N) is 3. The molecule has 0 bridgehead atoms. The van der Waals surface area contributed by atoms with E-state index in [1.165, 1.54) is 6.07 Å². The number of aromatic nitrogens is 4. The van der Waals surface area contributed by atoms with Crippen LogP contribution in [0, 0.1) is 0 Å². The molecule has 0 saturated heterocycles. The lowest BCUT2D eigenvalue weighted by Gasteiger charge is -2.09. The molecule has 3 aromatic heterocycles. The van der Waals surface area contributed by atoms with Gasteiger partial charge in [0.2, 0.25) is 0 Å². The number of benzene rings is 1. The van der Waals surface area contributed by atoms with Gasteiger partial charge in [-0.25, -0.2) is 4.98 Å². The Bertz CT molecular complexity index is 1000. The van der Waals surface area contributed by atoms with Crippen molar-refractivity contribution < 1.29 is 13.2 Å². The highest BCUT2D eigenvalue weighted by Crippen LogP contribution is 2.33. The lowest BCUT2D eigenvalue weighted by Crippen LogP contribution is -2.05. The van der Waals surface area contributed by atoms with E-state index in [0.29, 0.717) is 23.4 Å². The van der Waals surface area contributed by atoms with Crippen molar-refractivity contribution in [3.8, 4) is 11.5 Å². The maximum absolute atomic E-state index is 13.0. The smallest absolute Gasteiger partial charge is 0.359 e. The van der Waals surface area contributed by atoms with Crippen molar-refractivity contribution in [3.05, 3.63) is 72.2 Å². The number of fused-ring (bicyclic) bond motifs is 1. The number of nitrogens with one attached hydrogen (secondary N) is 1. The molecule has 4 nitrogen and oxygen atoms in total. The predicted molar refractivity (Wildman–Crippen MR) is 87.9 cm³/mol. The van der Waals surface area contributed by atoms with Crippen LogP contribution in [-0.2, 0) is 12.7 Å². The average Bonchev–Trinajstić information content (AvgIpc) is 3.23. The minimum absolute atomic E-state index is 0.309. The van der Waals surface area contributed by atoms with Crippen LogP contribution in [0.1, 0.15) is 11.1 Å². The van der Waals surface area contributed by atoms with Crippen molar-refractivity contribution in [3.63, 3.8) is 0 Å². The number of hydrogen-bond acceptors (Lipinski definition) is 2. The maximum Gasteiger partial charge on any atom is 0.416 e. The summed E-state index contributed by atoms with van der Waals surface area (Å²) >= 11 is 0. The molecule has 0 spiro atoms. The molecule has 4 aromatic rings. The van der Waals surface area contributed by atoms with Crippen LogP contribution < -0.4 is 0 Å². The Kier molecular flexibility index (Phi) is 3.56. The number of pyridine rings is 1. The molecule has 3 heterocycles. The summed E-state index contributed by atoms with van der Waals surface area (Å²) in [5.41, 5.74) is 1.93. The molecule has 0 aliphatic rings. The molecule has 0 aliphatic heterocycles. The molecule has 25 heavy (non-hydrogen) atoms. The quantitative estimate of drug-likeness (QED) is 0.596. The fourth-order valence-corrected chi connectivity index (χ4v) is 2.82. The fourth-order valence-electron chi connectivity index (χ4n) is 2.82. The van der Waals surface area contributed by atoms with Crippen molar-refractivity contribution >= 4 is 11.0 Å². The molecule has 1 N–H and O–H groups in total. The molecule has 1 aromatic carbocycles. The SMILES string of the molecule is FC(F)(F)c1ccc2c(c1)nc(-c1ccc[nH]1)n2Cc1cccnc1. The molecule has 4 rings (SSSR count). The van der Waals surface area contributed by atoms with Gasteiger partial charge in [0.1, 0.15) is 0 Å². The van der Waals surface area contributed by atoms with E-state index in [4.69, 9.17) is 0 Å². The summed E-state index contributed by atoms with van der Waals surface area (Å²) in [6.45, 7) is 0.462. The summed E-state index contributed by atoms with van der Waals surface area (Å²) in [6.07, 6.45) is 0.767. The summed E-state index contributed by atoms with van der Waals surface area (Å²) in [5, 5.41) is 0. The van der Waals surface area contributed by atoms with Gasteiger partial charge in [-0.2, -0.15) is 13.2 Å². The number of rotatable bonds is 3. The number of imidazole rings is 1. The van der Waals surface area contributed by atoms with Crippen LogP contribution in [0.4, 0.5) is 13.2 Å². The first-order valence-electron chi connectivity index (χ1n) is 7.62. The van der Waals surface area contributed by atoms with Crippen molar-refractivity contribution in [2.45, 2.75) is 12.7 Å². The van der Waals surface area contributed by atoms with E-state index < -0.39 is 11.7 Å². The third-order valence-electron chi connectivity index (χ3n) is 3.98. The van der Waals surface area contributed by atoms with Crippen LogP contribution in [0.15, 0.2) is 61.1 Å². The zero-order chi connectivity index (χ0) is 17.4. The number of alkyl halides is 3. The highest BCUT2D eigenvalue weighted by molar-refractivity contribution is 5.81. The van der Waals surface area contributed by atoms with Crippen molar-refractivity contribution in [2.75, 3.05) is 0 Å². The third kappa shape index (κ3) is 2.88. The molecular weight excluding hydrogens is 329 g/mol. The van der Waals surface area contributed by atoms with E-state index in [1.807, 2.05) is 28.8 Å². The highest BCUT2D eigenvalue weighted by atomic mass is 19.4. The van der Waals surface area contributed by atoms with E-state index >= 15 is 0 Å². The van der Waals surface area contributed by atoms with Crippen molar-refractivity contribution in [1.29, 1.82) is 0 Å². The number of halogens is 3. The number of aromatic amines is 1. The molecule has 0 aliphatic carbocycles. The summed E-state index contributed by atoms with van der Waals surface area (Å²) in [4.78, 5) is 11.6. The number of H-pyrrole nitrogens is 1. The van der Waals surface area contributed by atoms with E-state index in [0.717, 1.165) is 23.4 Å². The van der Waals surface area contributed by atoms with Gasteiger partial charge in [0, 0.05) is 18.6 Å². The Hall–Kier alpha value is -3.09. The summed E-state index contributed by atoms with van der Waals surface area (Å²) in [6, 6.07) is 11.0. The average molecular weight is 342 g/mol. The molecule has 0 unspecified atom stereocenters. The van der Waals surface area contributed by atoms with Gasteiger partial charge >= 0.3 is 6.18 Å². The van der Waals surface area contributed by atoms with Gasteiger partial charge in [-0.05, 0) is 42.0 Å². The first-order chi connectivity index (χ1) is 12.0. The lowest BCUT2D eigenvalue weighted by molar-refractivity contribution is -0.137. The van der Waals surface area contributed by atoms with Gasteiger partial charge in [0.15, 0.2) is 5.82 Å². The summed E-state index contributed by atoms with van der Waals surface area (Å²) in [7, 11) is 0. The van der Waals surface area contributed by atoms with Gasteiger partial charge in [0.05, 0.1) is 28.8 Å². The van der Waals surface area contributed by atoms with Crippen LogP contribution >= 0.6 is 0 Å².